The highest BCUT2D eigenvalue weighted by Gasteiger charge is 2.38. The van der Waals surface area contributed by atoms with E-state index in [1.165, 1.54) is 21.0 Å². The Morgan fingerprint density at radius 1 is 1.24 bits per heavy atom. The van der Waals surface area contributed by atoms with Crippen molar-refractivity contribution >= 4 is 36.1 Å². The molecule has 1 aromatic carbocycles. The molecule has 11 heteroatoms. The van der Waals surface area contributed by atoms with E-state index in [0.717, 1.165) is 5.76 Å². The third-order valence-corrected chi connectivity index (χ3v) is 6.19. The number of furan rings is 1. The number of hydrazine groups is 1. The first-order chi connectivity index (χ1) is 17.9. The second-order valence-corrected chi connectivity index (χ2v) is 8.66. The van der Waals surface area contributed by atoms with Gasteiger partial charge in [-0.15, -0.1) is 0 Å². The Morgan fingerprint density at radius 2 is 2.08 bits per heavy atom. The number of amides is 3. The Kier molecular flexibility index (Phi) is 7.94. The highest BCUT2D eigenvalue weighted by Crippen LogP contribution is 2.32. The molecule has 3 heterocycles. The lowest BCUT2D eigenvalue weighted by molar-refractivity contribution is -0.139. The fourth-order valence-electron chi connectivity index (χ4n) is 4.43. The van der Waals surface area contributed by atoms with Gasteiger partial charge in [0, 0.05) is 31.0 Å². The monoisotopic (exact) mass is 505 g/mol. The summed E-state index contributed by atoms with van der Waals surface area (Å²) in [6.45, 7) is 2.30. The molecule has 0 saturated carbocycles. The molecule has 3 aromatic rings. The Hall–Kier alpha value is -4.51. The van der Waals surface area contributed by atoms with E-state index in [2.05, 4.69) is 10.4 Å². The lowest BCUT2D eigenvalue weighted by atomic mass is 10.0. The van der Waals surface area contributed by atoms with Crippen molar-refractivity contribution in [2.45, 2.75) is 38.4 Å². The number of nitrogens with one attached hydrogen (secondary N) is 1. The van der Waals surface area contributed by atoms with Crippen molar-refractivity contribution in [2.75, 3.05) is 16.5 Å². The maximum absolute atomic E-state index is 13.0. The number of hydrogen-bond donors (Lipinski definition) is 2. The standard InChI is InChI=1S/C26H27N5O6/c1-18-7-8-23(37-18)14-28-31(17-33)21-6-2-5-20(10-21)29-15-22(11-25(29)34)30(16-32)24(12-26(35)36)19-4-3-9-27-13-19/h2-10,13,16-17,22,24,28H,11-12,14-15H2,1H3,(H,35,36). The van der Waals surface area contributed by atoms with Crippen molar-refractivity contribution in [1.82, 2.24) is 15.3 Å². The maximum Gasteiger partial charge on any atom is 0.305 e. The second kappa shape index (κ2) is 11.5. The van der Waals surface area contributed by atoms with Gasteiger partial charge in [-0.3, -0.25) is 24.2 Å². The number of benzene rings is 1. The molecule has 0 spiro atoms. The minimum absolute atomic E-state index is 0.0346. The largest absolute Gasteiger partial charge is 0.481 e. The number of anilines is 2. The molecule has 0 aliphatic carbocycles. The Labute approximate surface area is 213 Å². The van der Waals surface area contributed by atoms with Crippen LogP contribution in [0.5, 0.6) is 0 Å². The van der Waals surface area contributed by atoms with Crippen LogP contribution in [0, 0.1) is 6.92 Å². The molecule has 0 radical (unpaired) electrons. The van der Waals surface area contributed by atoms with E-state index in [4.69, 9.17) is 4.42 Å². The van der Waals surface area contributed by atoms with Crippen LogP contribution in [0.25, 0.3) is 0 Å². The summed E-state index contributed by atoms with van der Waals surface area (Å²) in [7, 11) is 0. The molecule has 37 heavy (non-hydrogen) atoms. The zero-order valence-corrected chi connectivity index (χ0v) is 20.2. The lowest BCUT2D eigenvalue weighted by Crippen LogP contribution is -2.40. The van der Waals surface area contributed by atoms with Gasteiger partial charge in [-0.05, 0) is 48.9 Å². The zero-order valence-electron chi connectivity index (χ0n) is 20.2. The van der Waals surface area contributed by atoms with Gasteiger partial charge in [0.05, 0.1) is 30.7 Å². The third kappa shape index (κ3) is 6.01. The van der Waals surface area contributed by atoms with Crippen LogP contribution < -0.4 is 15.3 Å². The fraction of sp³-hybridized carbons (Fsp3) is 0.269. The molecule has 192 valence electrons. The average molecular weight is 506 g/mol. The minimum atomic E-state index is -1.07. The number of carboxylic acids is 1. The number of nitrogens with zero attached hydrogens (tertiary/aromatic N) is 4. The molecule has 4 rings (SSSR count). The number of carbonyl (C=O) groups is 4. The molecule has 0 bridgehead atoms. The smallest absolute Gasteiger partial charge is 0.305 e. The number of aromatic nitrogens is 1. The van der Waals surface area contributed by atoms with E-state index < -0.39 is 18.1 Å². The van der Waals surface area contributed by atoms with Crippen LogP contribution in [-0.2, 0) is 25.7 Å². The van der Waals surface area contributed by atoms with Crippen LogP contribution in [0.3, 0.4) is 0 Å². The van der Waals surface area contributed by atoms with E-state index >= 15 is 0 Å². The average Bonchev–Trinajstić information content (AvgIpc) is 3.49. The summed E-state index contributed by atoms with van der Waals surface area (Å²) < 4.78 is 5.52. The third-order valence-electron chi connectivity index (χ3n) is 6.19. The van der Waals surface area contributed by atoms with Gasteiger partial charge in [0.15, 0.2) is 0 Å². The number of hydrogen-bond acceptors (Lipinski definition) is 7. The van der Waals surface area contributed by atoms with Gasteiger partial charge in [-0.25, -0.2) is 10.4 Å². The summed E-state index contributed by atoms with van der Waals surface area (Å²) >= 11 is 0. The Balaban J connectivity index is 1.51. The summed E-state index contributed by atoms with van der Waals surface area (Å²) in [6, 6.07) is 12.6. The fourth-order valence-corrected chi connectivity index (χ4v) is 4.43. The molecular weight excluding hydrogens is 478 g/mol. The highest BCUT2D eigenvalue weighted by atomic mass is 16.4. The number of aryl methyl sites for hydroxylation is 1. The number of rotatable bonds is 12. The van der Waals surface area contributed by atoms with E-state index in [1.54, 1.807) is 42.6 Å². The van der Waals surface area contributed by atoms with E-state index in [-0.39, 0.29) is 31.8 Å². The van der Waals surface area contributed by atoms with E-state index in [1.807, 2.05) is 19.1 Å². The van der Waals surface area contributed by atoms with E-state index in [9.17, 15) is 24.3 Å². The molecule has 1 aliphatic heterocycles. The number of pyridine rings is 1. The second-order valence-electron chi connectivity index (χ2n) is 8.66. The van der Waals surface area contributed by atoms with Gasteiger partial charge in [0.1, 0.15) is 11.5 Å². The molecule has 2 unspecified atom stereocenters. The first-order valence-electron chi connectivity index (χ1n) is 11.7. The highest BCUT2D eigenvalue weighted by molar-refractivity contribution is 5.97. The summed E-state index contributed by atoms with van der Waals surface area (Å²) in [5.41, 5.74) is 4.62. The van der Waals surface area contributed by atoms with Crippen LogP contribution in [0.15, 0.2) is 65.3 Å². The Morgan fingerprint density at radius 3 is 2.73 bits per heavy atom. The molecule has 2 N–H and O–H groups in total. The van der Waals surface area contributed by atoms with Gasteiger partial charge < -0.3 is 19.3 Å². The van der Waals surface area contributed by atoms with Crippen molar-refractivity contribution in [1.29, 1.82) is 0 Å². The predicted molar refractivity (Wildman–Crippen MR) is 133 cm³/mol. The number of carbonyl (C=O) groups excluding carboxylic acids is 3. The summed E-state index contributed by atoms with van der Waals surface area (Å²) in [5, 5.41) is 10.7. The van der Waals surface area contributed by atoms with Crippen molar-refractivity contribution in [3.63, 3.8) is 0 Å². The van der Waals surface area contributed by atoms with Crippen molar-refractivity contribution in [3.8, 4) is 0 Å². The van der Waals surface area contributed by atoms with Gasteiger partial charge in [0.25, 0.3) is 0 Å². The molecule has 3 amide bonds. The van der Waals surface area contributed by atoms with Crippen molar-refractivity contribution in [3.05, 3.63) is 78.0 Å². The topological polar surface area (TPSA) is 136 Å². The summed E-state index contributed by atoms with van der Waals surface area (Å²) in [5.74, 6) is 0.139. The van der Waals surface area contributed by atoms with Crippen LogP contribution in [0.1, 0.15) is 36.0 Å². The van der Waals surface area contributed by atoms with Crippen LogP contribution in [-0.4, -0.2) is 52.3 Å². The van der Waals surface area contributed by atoms with Crippen LogP contribution in [0.2, 0.25) is 0 Å². The van der Waals surface area contributed by atoms with Crippen molar-refractivity contribution in [2.24, 2.45) is 0 Å². The molecular formula is C26H27N5O6. The normalized spacial score (nSPS) is 15.9. The summed E-state index contributed by atoms with van der Waals surface area (Å²) in [6.07, 6.45) is 4.02. The zero-order chi connectivity index (χ0) is 26.4. The predicted octanol–water partition coefficient (Wildman–Crippen LogP) is 2.43. The van der Waals surface area contributed by atoms with Gasteiger partial charge in [-0.2, -0.15) is 0 Å². The first kappa shape index (κ1) is 25.6. The molecule has 1 aliphatic rings. The molecule has 2 atom stereocenters. The van der Waals surface area contributed by atoms with Gasteiger partial charge >= 0.3 is 5.97 Å². The van der Waals surface area contributed by atoms with Crippen molar-refractivity contribution < 1.29 is 28.7 Å². The van der Waals surface area contributed by atoms with Crippen LogP contribution in [0.4, 0.5) is 11.4 Å². The molecule has 2 aromatic heterocycles. The SMILES string of the molecule is Cc1ccc(CNN(C=O)c2cccc(N3CC(N(C=O)C(CC(=O)O)c4cccnc4)CC3=O)c2)o1. The number of carboxylic acid groups (broad SMARTS) is 1. The quantitative estimate of drug-likeness (QED) is 0.283. The Bertz CT molecular complexity index is 1260. The molecule has 11 nitrogen and oxygen atoms in total. The minimum Gasteiger partial charge on any atom is -0.481 e. The summed E-state index contributed by atoms with van der Waals surface area (Å²) in [4.78, 5) is 55.4. The maximum atomic E-state index is 13.0. The number of aliphatic carboxylic acids is 1. The molecule has 1 saturated heterocycles. The molecule has 1 fully saturated rings. The van der Waals surface area contributed by atoms with Gasteiger partial charge in [0.2, 0.25) is 18.7 Å². The van der Waals surface area contributed by atoms with Gasteiger partial charge in [-0.1, -0.05) is 12.1 Å². The first-order valence-corrected chi connectivity index (χ1v) is 11.7. The van der Waals surface area contributed by atoms with E-state index in [0.29, 0.717) is 35.5 Å². The van der Waals surface area contributed by atoms with Crippen LogP contribution >= 0.6 is 0 Å². The lowest BCUT2D eigenvalue weighted by Gasteiger charge is -2.32.